The molecule has 0 amide bonds. The number of para-hydroxylation sites is 1. The van der Waals surface area contributed by atoms with Crippen molar-refractivity contribution in [2.45, 2.75) is 0 Å². The van der Waals surface area contributed by atoms with E-state index in [9.17, 15) is 5.11 Å². The van der Waals surface area contributed by atoms with Gasteiger partial charge in [-0.2, -0.15) is 0 Å². The zero-order valence-electron chi connectivity index (χ0n) is 8.26. The molecule has 0 saturated heterocycles. The van der Waals surface area contributed by atoms with Crippen molar-refractivity contribution in [3.05, 3.63) is 18.2 Å². The second-order valence-electron chi connectivity index (χ2n) is 2.93. The highest BCUT2D eigenvalue weighted by Gasteiger charge is 2.05. The molecule has 0 atom stereocenters. The van der Waals surface area contributed by atoms with Crippen LogP contribution in [0.25, 0.3) is 0 Å². The molecule has 1 aromatic rings. The van der Waals surface area contributed by atoms with Crippen LogP contribution < -0.4 is 10.6 Å². The number of nitrogens with one attached hydrogen (secondary N) is 2. The summed E-state index contributed by atoms with van der Waals surface area (Å²) < 4.78 is 0. The van der Waals surface area contributed by atoms with Gasteiger partial charge in [-0.05, 0) is 12.1 Å². The van der Waals surface area contributed by atoms with Gasteiger partial charge in [-0.3, -0.25) is 0 Å². The number of hydrogen-bond donors (Lipinski definition) is 3. The first kappa shape index (κ1) is 12.6. The molecule has 0 heterocycles. The second kappa shape index (κ2) is 6.95. The van der Waals surface area contributed by atoms with Gasteiger partial charge in [0.25, 0.3) is 0 Å². The Morgan fingerprint density at radius 3 is 2.40 bits per heavy atom. The molecule has 0 unspecified atom stereocenters. The minimum absolute atomic E-state index is 0.274. The van der Waals surface area contributed by atoms with Gasteiger partial charge in [0.1, 0.15) is 11.4 Å². The maximum Gasteiger partial charge on any atom is 0.140 e. The molecule has 0 aliphatic carbocycles. The zero-order chi connectivity index (χ0) is 11.1. The third-order valence-electron chi connectivity index (χ3n) is 1.85. The van der Waals surface area contributed by atoms with Crippen LogP contribution in [0.1, 0.15) is 0 Å². The minimum atomic E-state index is 0.274. The van der Waals surface area contributed by atoms with E-state index in [0.29, 0.717) is 0 Å². The first-order chi connectivity index (χ1) is 7.29. The topological polar surface area (TPSA) is 44.3 Å². The van der Waals surface area contributed by atoms with Crippen molar-refractivity contribution in [2.24, 2.45) is 0 Å². The maximum absolute atomic E-state index is 9.69. The van der Waals surface area contributed by atoms with Crippen LogP contribution >= 0.6 is 31.9 Å². The van der Waals surface area contributed by atoms with Crippen molar-refractivity contribution in [3.63, 3.8) is 0 Å². The number of phenols is 1. The Hall–Kier alpha value is -0.420. The highest BCUT2D eigenvalue weighted by atomic mass is 79.9. The van der Waals surface area contributed by atoms with Gasteiger partial charge in [0.2, 0.25) is 0 Å². The van der Waals surface area contributed by atoms with E-state index in [-0.39, 0.29) is 5.75 Å². The highest BCUT2D eigenvalue weighted by Crippen LogP contribution is 2.31. The van der Waals surface area contributed by atoms with Gasteiger partial charge in [0, 0.05) is 23.7 Å². The molecule has 5 heteroatoms. The molecule has 1 aromatic carbocycles. The second-order valence-corrected chi connectivity index (χ2v) is 4.52. The SMILES string of the molecule is Oc1cccc(NCCBr)c1NCCBr. The number of benzene rings is 1. The number of rotatable bonds is 6. The Bertz CT molecular complexity index is 307. The van der Waals surface area contributed by atoms with E-state index in [0.717, 1.165) is 35.1 Å². The Morgan fingerprint density at radius 2 is 1.73 bits per heavy atom. The molecule has 84 valence electrons. The van der Waals surface area contributed by atoms with Crippen LogP contribution in [0.3, 0.4) is 0 Å². The van der Waals surface area contributed by atoms with Crippen LogP contribution in [-0.2, 0) is 0 Å². The van der Waals surface area contributed by atoms with Crippen LogP contribution in [0.4, 0.5) is 11.4 Å². The molecule has 0 fully saturated rings. The van der Waals surface area contributed by atoms with Gasteiger partial charge in [0.05, 0.1) is 5.69 Å². The number of aromatic hydroxyl groups is 1. The molecule has 1 rings (SSSR count). The summed E-state index contributed by atoms with van der Waals surface area (Å²) in [6.45, 7) is 1.60. The van der Waals surface area contributed by atoms with Gasteiger partial charge in [0.15, 0.2) is 0 Å². The van der Waals surface area contributed by atoms with E-state index >= 15 is 0 Å². The first-order valence-electron chi connectivity index (χ1n) is 4.71. The summed E-state index contributed by atoms with van der Waals surface area (Å²) in [4.78, 5) is 0. The smallest absolute Gasteiger partial charge is 0.140 e. The van der Waals surface area contributed by atoms with Crippen LogP contribution in [0, 0.1) is 0 Å². The molecule has 0 saturated carbocycles. The number of hydrogen-bond acceptors (Lipinski definition) is 3. The van der Waals surface area contributed by atoms with Crippen LogP contribution in [0.15, 0.2) is 18.2 Å². The highest BCUT2D eigenvalue weighted by molar-refractivity contribution is 9.09. The summed E-state index contributed by atoms with van der Waals surface area (Å²) >= 11 is 6.69. The molecule has 0 aliphatic heterocycles. The monoisotopic (exact) mass is 336 g/mol. The van der Waals surface area contributed by atoms with E-state index in [4.69, 9.17) is 0 Å². The molecular weight excluding hydrogens is 324 g/mol. The number of anilines is 2. The standard InChI is InChI=1S/C10H14Br2N2O/c11-4-6-13-8-2-1-3-9(15)10(8)14-7-5-12/h1-3,13-15H,4-7H2. The fourth-order valence-electron chi connectivity index (χ4n) is 1.23. The van der Waals surface area contributed by atoms with Crippen molar-refractivity contribution >= 4 is 43.2 Å². The molecule has 0 aromatic heterocycles. The van der Waals surface area contributed by atoms with Crippen molar-refractivity contribution in [1.82, 2.24) is 0 Å². The predicted molar refractivity (Wildman–Crippen MR) is 72.7 cm³/mol. The maximum atomic E-state index is 9.69. The lowest BCUT2D eigenvalue weighted by Crippen LogP contribution is -2.08. The quantitative estimate of drug-likeness (QED) is 0.552. The number of halogens is 2. The van der Waals surface area contributed by atoms with Crippen molar-refractivity contribution in [1.29, 1.82) is 0 Å². The summed E-state index contributed by atoms with van der Waals surface area (Å²) in [5.41, 5.74) is 1.69. The number of phenolic OH excluding ortho intramolecular Hbond substituents is 1. The molecule has 15 heavy (non-hydrogen) atoms. The Balaban J connectivity index is 2.77. The summed E-state index contributed by atoms with van der Waals surface area (Å²) in [6, 6.07) is 5.44. The summed E-state index contributed by atoms with van der Waals surface area (Å²) in [5, 5.41) is 17.8. The van der Waals surface area contributed by atoms with E-state index in [2.05, 4.69) is 42.5 Å². The van der Waals surface area contributed by atoms with Gasteiger partial charge in [-0.15, -0.1) is 0 Å². The lowest BCUT2D eigenvalue weighted by Gasteiger charge is -2.13. The largest absolute Gasteiger partial charge is 0.506 e. The Morgan fingerprint density at radius 1 is 1.07 bits per heavy atom. The van der Waals surface area contributed by atoms with Crippen LogP contribution in [0.2, 0.25) is 0 Å². The lowest BCUT2D eigenvalue weighted by atomic mass is 10.2. The summed E-state index contributed by atoms with van der Waals surface area (Å²) in [5.74, 6) is 0.274. The third kappa shape index (κ3) is 3.91. The molecular formula is C10H14Br2N2O. The normalized spacial score (nSPS) is 10.0. The molecule has 3 N–H and O–H groups in total. The van der Waals surface area contributed by atoms with Gasteiger partial charge in [-0.25, -0.2) is 0 Å². The predicted octanol–water partition coefficient (Wildman–Crippen LogP) is 3.01. The molecule has 0 radical (unpaired) electrons. The van der Waals surface area contributed by atoms with E-state index < -0.39 is 0 Å². The minimum Gasteiger partial charge on any atom is -0.506 e. The molecule has 0 aliphatic rings. The average Bonchev–Trinajstić information content (AvgIpc) is 2.25. The number of alkyl halides is 2. The van der Waals surface area contributed by atoms with E-state index in [1.165, 1.54) is 0 Å². The van der Waals surface area contributed by atoms with Crippen LogP contribution in [-0.4, -0.2) is 28.9 Å². The van der Waals surface area contributed by atoms with Crippen molar-refractivity contribution in [3.8, 4) is 5.75 Å². The average molecular weight is 338 g/mol. The Labute approximate surface area is 107 Å². The Kier molecular flexibility index (Phi) is 5.86. The van der Waals surface area contributed by atoms with E-state index in [1.807, 2.05) is 12.1 Å². The lowest BCUT2D eigenvalue weighted by molar-refractivity contribution is 0.477. The molecule has 0 bridgehead atoms. The van der Waals surface area contributed by atoms with Gasteiger partial charge >= 0.3 is 0 Å². The van der Waals surface area contributed by atoms with Crippen molar-refractivity contribution < 1.29 is 5.11 Å². The third-order valence-corrected chi connectivity index (χ3v) is 2.64. The van der Waals surface area contributed by atoms with Crippen molar-refractivity contribution in [2.75, 3.05) is 34.4 Å². The zero-order valence-corrected chi connectivity index (χ0v) is 11.4. The first-order valence-corrected chi connectivity index (χ1v) is 6.95. The molecule has 0 spiro atoms. The molecule has 3 nitrogen and oxygen atoms in total. The van der Waals surface area contributed by atoms with E-state index in [1.54, 1.807) is 6.07 Å². The summed E-state index contributed by atoms with van der Waals surface area (Å²) in [6.07, 6.45) is 0. The van der Waals surface area contributed by atoms with Gasteiger partial charge in [-0.1, -0.05) is 37.9 Å². The van der Waals surface area contributed by atoms with Crippen LogP contribution in [0.5, 0.6) is 5.75 Å². The fraction of sp³-hybridized carbons (Fsp3) is 0.400. The fourth-order valence-corrected chi connectivity index (χ4v) is 1.62. The van der Waals surface area contributed by atoms with Gasteiger partial charge < -0.3 is 15.7 Å². The summed E-state index contributed by atoms with van der Waals surface area (Å²) in [7, 11) is 0.